The highest BCUT2D eigenvalue weighted by Crippen LogP contribution is 2.19. The first-order chi connectivity index (χ1) is 6.59. The summed E-state index contributed by atoms with van der Waals surface area (Å²) in [5.74, 6) is 0.128. The molecule has 0 heterocycles. The normalized spacial score (nSPS) is 13.4. The summed E-state index contributed by atoms with van der Waals surface area (Å²) in [6, 6.07) is 4.72. The molecule has 2 N–H and O–H groups in total. The molecule has 0 radical (unpaired) electrons. The zero-order valence-electron chi connectivity index (χ0n) is 7.81. The van der Waals surface area contributed by atoms with Gasteiger partial charge in [-0.1, -0.05) is 11.6 Å². The molecule has 4 heteroatoms. The van der Waals surface area contributed by atoms with Crippen molar-refractivity contribution in [2.45, 2.75) is 13.0 Å². The number of nitrogens with zero attached hydrogens (tertiary/aromatic N) is 1. The van der Waals surface area contributed by atoms with Gasteiger partial charge in [0.05, 0.1) is 12.6 Å². The van der Waals surface area contributed by atoms with Crippen LogP contribution in [0.4, 0.5) is 0 Å². The maximum atomic E-state index is 9.39. The SMILES string of the molecule is C[C@H](O)CN=Cc1cc(Cl)ccc1O. The molecular weight excluding hydrogens is 202 g/mol. The highest BCUT2D eigenvalue weighted by molar-refractivity contribution is 6.30. The van der Waals surface area contributed by atoms with Crippen LogP contribution in [0.3, 0.4) is 0 Å². The van der Waals surface area contributed by atoms with Crippen LogP contribution in [0.15, 0.2) is 23.2 Å². The van der Waals surface area contributed by atoms with E-state index in [2.05, 4.69) is 4.99 Å². The van der Waals surface area contributed by atoms with Gasteiger partial charge in [0.25, 0.3) is 0 Å². The van der Waals surface area contributed by atoms with Crippen LogP contribution in [0.2, 0.25) is 5.02 Å². The molecule has 0 amide bonds. The predicted octanol–water partition coefficient (Wildman–Crippen LogP) is 1.85. The van der Waals surface area contributed by atoms with E-state index in [1.807, 2.05) is 0 Å². The van der Waals surface area contributed by atoms with Crippen molar-refractivity contribution in [3.63, 3.8) is 0 Å². The Morgan fingerprint density at radius 3 is 2.93 bits per heavy atom. The molecule has 0 aliphatic carbocycles. The summed E-state index contributed by atoms with van der Waals surface area (Å²) in [7, 11) is 0. The number of benzene rings is 1. The number of phenols is 1. The minimum Gasteiger partial charge on any atom is -0.507 e. The monoisotopic (exact) mass is 213 g/mol. The fraction of sp³-hybridized carbons (Fsp3) is 0.300. The minimum absolute atomic E-state index is 0.128. The van der Waals surface area contributed by atoms with E-state index >= 15 is 0 Å². The first kappa shape index (κ1) is 11.0. The summed E-state index contributed by atoms with van der Waals surface area (Å²) in [6.45, 7) is 1.96. The lowest BCUT2D eigenvalue weighted by atomic mass is 10.2. The molecule has 0 unspecified atom stereocenters. The Morgan fingerprint density at radius 2 is 2.29 bits per heavy atom. The molecule has 0 saturated carbocycles. The average molecular weight is 214 g/mol. The third-order valence-electron chi connectivity index (χ3n) is 1.59. The third-order valence-corrected chi connectivity index (χ3v) is 1.82. The lowest BCUT2D eigenvalue weighted by Crippen LogP contribution is -2.03. The fourth-order valence-electron chi connectivity index (χ4n) is 0.932. The summed E-state index contributed by atoms with van der Waals surface area (Å²) in [4.78, 5) is 3.95. The number of aliphatic hydroxyl groups excluding tert-OH is 1. The van der Waals surface area contributed by atoms with E-state index in [0.29, 0.717) is 17.1 Å². The molecule has 0 aromatic heterocycles. The molecule has 0 aliphatic rings. The van der Waals surface area contributed by atoms with Gasteiger partial charge >= 0.3 is 0 Å². The second-order valence-corrected chi connectivity index (χ2v) is 3.48. The first-order valence-corrected chi connectivity index (χ1v) is 4.64. The largest absolute Gasteiger partial charge is 0.507 e. The Hall–Kier alpha value is -1.06. The Kier molecular flexibility index (Phi) is 3.92. The molecule has 76 valence electrons. The van der Waals surface area contributed by atoms with Gasteiger partial charge in [0.15, 0.2) is 0 Å². The van der Waals surface area contributed by atoms with Crippen LogP contribution in [0, 0.1) is 0 Å². The maximum absolute atomic E-state index is 9.39. The van der Waals surface area contributed by atoms with Crippen molar-refractivity contribution in [3.05, 3.63) is 28.8 Å². The smallest absolute Gasteiger partial charge is 0.124 e. The number of halogens is 1. The summed E-state index contributed by atoms with van der Waals surface area (Å²) < 4.78 is 0. The maximum Gasteiger partial charge on any atom is 0.124 e. The van der Waals surface area contributed by atoms with Crippen molar-refractivity contribution >= 4 is 17.8 Å². The van der Waals surface area contributed by atoms with Gasteiger partial charge < -0.3 is 10.2 Å². The summed E-state index contributed by atoms with van der Waals surface area (Å²) >= 11 is 5.74. The van der Waals surface area contributed by atoms with Gasteiger partial charge in [0.1, 0.15) is 5.75 Å². The molecule has 0 saturated heterocycles. The molecule has 1 aromatic rings. The number of aromatic hydroxyl groups is 1. The third kappa shape index (κ3) is 3.36. The lowest BCUT2D eigenvalue weighted by molar-refractivity contribution is 0.204. The van der Waals surface area contributed by atoms with E-state index in [9.17, 15) is 5.11 Å². The topological polar surface area (TPSA) is 52.8 Å². The Bertz CT molecular complexity index is 337. The Balaban J connectivity index is 2.75. The highest BCUT2D eigenvalue weighted by atomic mass is 35.5. The van der Waals surface area contributed by atoms with Crippen LogP contribution in [0.25, 0.3) is 0 Å². The quantitative estimate of drug-likeness (QED) is 0.753. The number of aliphatic hydroxyl groups is 1. The average Bonchev–Trinajstić information content (AvgIpc) is 2.10. The number of hydrogen-bond donors (Lipinski definition) is 2. The van der Waals surface area contributed by atoms with Crippen molar-refractivity contribution < 1.29 is 10.2 Å². The van der Waals surface area contributed by atoms with E-state index in [1.54, 1.807) is 19.1 Å². The van der Waals surface area contributed by atoms with Crippen molar-refractivity contribution in [2.24, 2.45) is 4.99 Å². The van der Waals surface area contributed by atoms with Crippen LogP contribution in [-0.4, -0.2) is 29.1 Å². The van der Waals surface area contributed by atoms with Gasteiger partial charge in [-0.05, 0) is 25.1 Å². The van der Waals surface area contributed by atoms with Crippen molar-refractivity contribution in [2.75, 3.05) is 6.54 Å². The molecule has 1 atom stereocenters. The highest BCUT2D eigenvalue weighted by Gasteiger charge is 1.98. The Morgan fingerprint density at radius 1 is 1.57 bits per heavy atom. The Labute approximate surface area is 87.7 Å². The first-order valence-electron chi connectivity index (χ1n) is 4.26. The summed E-state index contributed by atoms with van der Waals surface area (Å²) in [6.07, 6.45) is 1.01. The molecule has 3 nitrogen and oxygen atoms in total. The van der Waals surface area contributed by atoms with Crippen molar-refractivity contribution in [1.82, 2.24) is 0 Å². The number of phenolic OH excluding ortho intramolecular Hbond substituents is 1. The molecule has 1 aromatic carbocycles. The molecule has 1 rings (SSSR count). The van der Waals surface area contributed by atoms with Gasteiger partial charge in [-0.3, -0.25) is 4.99 Å². The van der Waals surface area contributed by atoms with Crippen molar-refractivity contribution in [1.29, 1.82) is 0 Å². The number of aliphatic imine (C=N–C) groups is 1. The molecule has 0 fully saturated rings. The molecular formula is C10H12ClNO2. The molecule has 0 spiro atoms. The van der Waals surface area contributed by atoms with Gasteiger partial charge in [-0.25, -0.2) is 0 Å². The predicted molar refractivity (Wildman–Crippen MR) is 57.3 cm³/mol. The summed E-state index contributed by atoms with van der Waals surface area (Å²) in [5.41, 5.74) is 0.554. The molecule has 0 bridgehead atoms. The zero-order valence-corrected chi connectivity index (χ0v) is 8.57. The van der Waals surface area contributed by atoms with Crippen LogP contribution >= 0.6 is 11.6 Å². The van der Waals surface area contributed by atoms with E-state index in [0.717, 1.165) is 0 Å². The molecule has 0 aliphatic heterocycles. The van der Waals surface area contributed by atoms with Gasteiger partial charge in [-0.2, -0.15) is 0 Å². The minimum atomic E-state index is -0.479. The summed E-state index contributed by atoms with van der Waals surface area (Å²) in [5, 5.41) is 18.9. The zero-order chi connectivity index (χ0) is 10.6. The van der Waals surface area contributed by atoms with Crippen LogP contribution in [0.1, 0.15) is 12.5 Å². The lowest BCUT2D eigenvalue weighted by Gasteiger charge is -2.00. The van der Waals surface area contributed by atoms with Crippen LogP contribution in [-0.2, 0) is 0 Å². The number of hydrogen-bond acceptors (Lipinski definition) is 3. The van der Waals surface area contributed by atoms with Crippen molar-refractivity contribution in [3.8, 4) is 5.75 Å². The number of rotatable bonds is 3. The fourth-order valence-corrected chi connectivity index (χ4v) is 1.11. The van der Waals surface area contributed by atoms with E-state index < -0.39 is 6.10 Å². The van der Waals surface area contributed by atoms with E-state index in [-0.39, 0.29) is 5.75 Å². The van der Waals surface area contributed by atoms with E-state index in [1.165, 1.54) is 12.3 Å². The standard InChI is InChI=1S/C10H12ClNO2/c1-7(13)5-12-6-8-4-9(11)2-3-10(8)14/h2-4,6-7,13-14H,5H2,1H3/t7-/m0/s1. The van der Waals surface area contributed by atoms with E-state index in [4.69, 9.17) is 16.7 Å². The van der Waals surface area contributed by atoms with Gasteiger partial charge in [0, 0.05) is 16.8 Å². The molecule has 14 heavy (non-hydrogen) atoms. The van der Waals surface area contributed by atoms with Gasteiger partial charge in [0.2, 0.25) is 0 Å². The second-order valence-electron chi connectivity index (χ2n) is 3.05. The van der Waals surface area contributed by atoms with Crippen LogP contribution < -0.4 is 0 Å². The van der Waals surface area contributed by atoms with Gasteiger partial charge in [-0.15, -0.1) is 0 Å². The second kappa shape index (κ2) is 4.98. The van der Waals surface area contributed by atoms with Crippen LogP contribution in [0.5, 0.6) is 5.75 Å².